The summed E-state index contributed by atoms with van der Waals surface area (Å²) in [6.45, 7) is 1.17. The summed E-state index contributed by atoms with van der Waals surface area (Å²) >= 11 is 3.37. The van der Waals surface area contributed by atoms with Crippen molar-refractivity contribution in [3.63, 3.8) is 0 Å². The Morgan fingerprint density at radius 2 is 2.05 bits per heavy atom. The third kappa shape index (κ3) is 5.00. The molecule has 0 radical (unpaired) electrons. The van der Waals surface area contributed by atoms with Crippen molar-refractivity contribution in [3.05, 3.63) is 28.7 Å². The van der Waals surface area contributed by atoms with Gasteiger partial charge in [-0.15, -0.1) is 0 Å². The summed E-state index contributed by atoms with van der Waals surface area (Å²) in [6.07, 6.45) is 4.41. The van der Waals surface area contributed by atoms with E-state index in [0.29, 0.717) is 32.0 Å². The molecule has 5 heteroatoms. The summed E-state index contributed by atoms with van der Waals surface area (Å²) in [5, 5.41) is 8.95. The van der Waals surface area contributed by atoms with Crippen LogP contribution in [-0.4, -0.2) is 41.7 Å². The Kier molecular flexibility index (Phi) is 6.51. The van der Waals surface area contributed by atoms with Crippen LogP contribution in [-0.2, 0) is 4.79 Å². The molecule has 2 rings (SSSR count). The van der Waals surface area contributed by atoms with Crippen molar-refractivity contribution in [1.29, 1.82) is 0 Å². The van der Waals surface area contributed by atoms with Gasteiger partial charge in [-0.25, -0.2) is 0 Å². The standard InChI is InChI=1S/C16H22BrNO3/c17-13-5-7-15(8-6-13)21-12-9-16(20)18(10-2-11-19)14-3-1-4-14/h5-8,14,19H,1-4,9-12H2. The van der Waals surface area contributed by atoms with Gasteiger partial charge in [-0.1, -0.05) is 15.9 Å². The molecule has 1 fully saturated rings. The van der Waals surface area contributed by atoms with E-state index in [1.165, 1.54) is 6.42 Å². The second kappa shape index (κ2) is 8.39. The van der Waals surface area contributed by atoms with E-state index < -0.39 is 0 Å². The van der Waals surface area contributed by atoms with E-state index >= 15 is 0 Å². The number of carbonyl (C=O) groups excluding carboxylic acids is 1. The second-order valence-electron chi connectivity index (χ2n) is 5.30. The maximum absolute atomic E-state index is 12.3. The third-order valence-electron chi connectivity index (χ3n) is 3.79. The van der Waals surface area contributed by atoms with Crippen LogP contribution in [0, 0.1) is 0 Å². The van der Waals surface area contributed by atoms with Crippen LogP contribution in [0.2, 0.25) is 0 Å². The summed E-state index contributed by atoms with van der Waals surface area (Å²) < 4.78 is 6.61. The van der Waals surface area contributed by atoms with Gasteiger partial charge in [-0.3, -0.25) is 4.79 Å². The molecule has 0 saturated heterocycles. The maximum Gasteiger partial charge on any atom is 0.226 e. The predicted octanol–water partition coefficient (Wildman–Crippen LogP) is 2.98. The van der Waals surface area contributed by atoms with E-state index in [4.69, 9.17) is 9.84 Å². The van der Waals surface area contributed by atoms with Crippen molar-refractivity contribution in [2.75, 3.05) is 19.8 Å². The normalized spacial score (nSPS) is 14.6. The van der Waals surface area contributed by atoms with Crippen LogP contribution in [0.25, 0.3) is 0 Å². The number of aliphatic hydroxyl groups is 1. The van der Waals surface area contributed by atoms with Crippen LogP contribution in [0.3, 0.4) is 0 Å². The summed E-state index contributed by atoms with van der Waals surface area (Å²) in [7, 11) is 0. The zero-order valence-electron chi connectivity index (χ0n) is 12.1. The average molecular weight is 356 g/mol. The van der Waals surface area contributed by atoms with Crippen LogP contribution in [0.4, 0.5) is 0 Å². The van der Waals surface area contributed by atoms with Crippen LogP contribution in [0.1, 0.15) is 32.1 Å². The molecular weight excluding hydrogens is 334 g/mol. The van der Waals surface area contributed by atoms with Crippen molar-refractivity contribution < 1.29 is 14.6 Å². The number of aliphatic hydroxyl groups excluding tert-OH is 1. The number of benzene rings is 1. The van der Waals surface area contributed by atoms with Gasteiger partial charge < -0.3 is 14.7 Å². The Morgan fingerprint density at radius 3 is 2.62 bits per heavy atom. The number of carbonyl (C=O) groups is 1. The number of ether oxygens (including phenoxy) is 1. The quantitative estimate of drug-likeness (QED) is 0.779. The first-order valence-electron chi connectivity index (χ1n) is 7.49. The van der Waals surface area contributed by atoms with E-state index in [9.17, 15) is 4.79 Å². The minimum atomic E-state index is 0.130. The molecule has 1 aliphatic carbocycles. The minimum Gasteiger partial charge on any atom is -0.493 e. The molecule has 0 atom stereocenters. The Hall–Kier alpha value is -1.07. The molecule has 1 amide bonds. The van der Waals surface area contributed by atoms with E-state index in [2.05, 4.69) is 15.9 Å². The van der Waals surface area contributed by atoms with Gasteiger partial charge in [0.05, 0.1) is 13.0 Å². The van der Waals surface area contributed by atoms with Crippen LogP contribution in [0.5, 0.6) is 5.75 Å². The van der Waals surface area contributed by atoms with Crippen molar-refractivity contribution in [1.82, 2.24) is 4.90 Å². The lowest BCUT2D eigenvalue weighted by Crippen LogP contribution is -2.45. The first-order valence-corrected chi connectivity index (χ1v) is 8.28. The molecule has 1 aromatic carbocycles. The monoisotopic (exact) mass is 355 g/mol. The predicted molar refractivity (Wildman–Crippen MR) is 85.3 cm³/mol. The van der Waals surface area contributed by atoms with Crippen molar-refractivity contribution in [2.45, 2.75) is 38.1 Å². The van der Waals surface area contributed by atoms with Crippen molar-refractivity contribution >= 4 is 21.8 Å². The minimum absolute atomic E-state index is 0.130. The third-order valence-corrected chi connectivity index (χ3v) is 4.32. The SMILES string of the molecule is O=C(CCOc1ccc(Br)cc1)N(CCCO)C1CCC1. The van der Waals surface area contributed by atoms with Crippen LogP contribution in [0.15, 0.2) is 28.7 Å². The fourth-order valence-corrected chi connectivity index (χ4v) is 2.65. The molecule has 21 heavy (non-hydrogen) atoms. The van der Waals surface area contributed by atoms with Gasteiger partial charge in [-0.2, -0.15) is 0 Å². The number of amides is 1. The molecule has 1 saturated carbocycles. The number of hydrogen-bond acceptors (Lipinski definition) is 3. The highest BCUT2D eigenvalue weighted by atomic mass is 79.9. The topological polar surface area (TPSA) is 49.8 Å². The summed E-state index contributed by atoms with van der Waals surface area (Å²) in [6, 6.07) is 7.96. The highest BCUT2D eigenvalue weighted by Gasteiger charge is 2.27. The molecule has 1 N–H and O–H groups in total. The Morgan fingerprint density at radius 1 is 1.33 bits per heavy atom. The van der Waals surface area contributed by atoms with E-state index in [-0.39, 0.29) is 12.5 Å². The lowest BCUT2D eigenvalue weighted by Gasteiger charge is -2.37. The number of rotatable bonds is 8. The Labute approximate surface area is 134 Å². The zero-order valence-corrected chi connectivity index (χ0v) is 13.7. The van der Waals surface area contributed by atoms with Gasteiger partial charge >= 0.3 is 0 Å². The lowest BCUT2D eigenvalue weighted by atomic mass is 9.91. The highest BCUT2D eigenvalue weighted by Crippen LogP contribution is 2.25. The number of nitrogens with zero attached hydrogens (tertiary/aromatic N) is 1. The van der Waals surface area contributed by atoms with E-state index in [0.717, 1.165) is 23.1 Å². The van der Waals surface area contributed by atoms with Crippen LogP contribution >= 0.6 is 15.9 Å². The number of hydrogen-bond donors (Lipinski definition) is 1. The first kappa shape index (κ1) is 16.3. The van der Waals surface area contributed by atoms with Gasteiger partial charge in [0.15, 0.2) is 0 Å². The summed E-state index contributed by atoms with van der Waals surface area (Å²) in [5.74, 6) is 0.904. The highest BCUT2D eigenvalue weighted by molar-refractivity contribution is 9.10. The molecule has 1 aliphatic rings. The fourth-order valence-electron chi connectivity index (χ4n) is 2.38. The maximum atomic E-state index is 12.3. The zero-order chi connectivity index (χ0) is 15.1. The lowest BCUT2D eigenvalue weighted by molar-refractivity contribution is -0.136. The van der Waals surface area contributed by atoms with E-state index in [1.807, 2.05) is 29.2 Å². The Bertz CT molecular complexity index is 445. The van der Waals surface area contributed by atoms with Crippen LogP contribution < -0.4 is 4.74 Å². The van der Waals surface area contributed by atoms with Gasteiger partial charge in [0, 0.05) is 23.7 Å². The molecule has 116 valence electrons. The molecule has 0 heterocycles. The molecule has 0 unspecified atom stereocenters. The smallest absolute Gasteiger partial charge is 0.226 e. The average Bonchev–Trinajstić information content (AvgIpc) is 2.43. The first-order chi connectivity index (χ1) is 10.2. The van der Waals surface area contributed by atoms with Crippen molar-refractivity contribution in [2.24, 2.45) is 0 Å². The van der Waals surface area contributed by atoms with Gasteiger partial charge in [-0.05, 0) is 49.9 Å². The van der Waals surface area contributed by atoms with Gasteiger partial charge in [0.1, 0.15) is 5.75 Å². The van der Waals surface area contributed by atoms with E-state index in [1.54, 1.807) is 0 Å². The fraction of sp³-hybridized carbons (Fsp3) is 0.562. The molecule has 0 aliphatic heterocycles. The summed E-state index contributed by atoms with van der Waals surface area (Å²) in [4.78, 5) is 14.2. The van der Waals surface area contributed by atoms with Gasteiger partial charge in [0.25, 0.3) is 0 Å². The van der Waals surface area contributed by atoms with Gasteiger partial charge in [0.2, 0.25) is 5.91 Å². The molecule has 4 nitrogen and oxygen atoms in total. The van der Waals surface area contributed by atoms with Crippen molar-refractivity contribution in [3.8, 4) is 5.75 Å². The largest absolute Gasteiger partial charge is 0.493 e. The molecular formula is C16H22BrNO3. The second-order valence-corrected chi connectivity index (χ2v) is 6.22. The molecule has 1 aromatic rings. The molecule has 0 spiro atoms. The molecule has 0 bridgehead atoms. The molecule has 0 aromatic heterocycles. The Balaban J connectivity index is 1.77. The number of halogens is 1. The summed E-state index contributed by atoms with van der Waals surface area (Å²) in [5.41, 5.74) is 0.